The van der Waals surface area contributed by atoms with E-state index in [1.54, 1.807) is 26.0 Å². The molecular formula is C24H31F3N4O6S. The summed E-state index contributed by atoms with van der Waals surface area (Å²) in [7, 11) is -3.83. The lowest BCUT2D eigenvalue weighted by molar-refractivity contribution is -0.192. The Labute approximate surface area is 218 Å². The van der Waals surface area contributed by atoms with Crippen LogP contribution in [-0.4, -0.2) is 49.1 Å². The van der Waals surface area contributed by atoms with Crippen LogP contribution in [0.3, 0.4) is 0 Å². The SMILES string of the molecule is Cc1nc(NS(=O)(=O)c2ccc(N3CC[C@@H](C4CCCCC4)[C@H]3C(N)=O)cc2)oc1C.O=C(O)C(F)(F)F. The lowest BCUT2D eigenvalue weighted by atomic mass is 9.76. The third-order valence-electron chi connectivity index (χ3n) is 6.96. The van der Waals surface area contributed by atoms with E-state index < -0.39 is 22.2 Å². The zero-order valence-electron chi connectivity index (χ0n) is 21.0. The van der Waals surface area contributed by atoms with Crippen LogP contribution in [0.4, 0.5) is 24.9 Å². The molecule has 1 aromatic heterocycles. The number of sulfonamides is 1. The molecule has 2 heterocycles. The number of alkyl halides is 3. The van der Waals surface area contributed by atoms with Crippen LogP contribution in [0.5, 0.6) is 0 Å². The molecule has 0 spiro atoms. The van der Waals surface area contributed by atoms with Gasteiger partial charge in [-0.15, -0.1) is 0 Å². The molecule has 0 bridgehead atoms. The topological polar surface area (TPSA) is 156 Å². The van der Waals surface area contributed by atoms with Gasteiger partial charge in [0.25, 0.3) is 10.0 Å². The maximum Gasteiger partial charge on any atom is 0.490 e. The number of nitrogens with one attached hydrogen (secondary N) is 1. The number of carbonyl (C=O) groups is 2. The van der Waals surface area contributed by atoms with Crippen LogP contribution in [-0.2, 0) is 19.6 Å². The quantitative estimate of drug-likeness (QED) is 0.479. The van der Waals surface area contributed by atoms with Crippen LogP contribution < -0.4 is 15.4 Å². The van der Waals surface area contributed by atoms with Crippen molar-refractivity contribution in [3.63, 3.8) is 0 Å². The van der Waals surface area contributed by atoms with Crippen molar-refractivity contribution in [2.45, 2.75) is 69.5 Å². The van der Waals surface area contributed by atoms with Crippen molar-refractivity contribution in [1.82, 2.24) is 4.98 Å². The molecule has 210 valence electrons. The molecule has 1 aromatic carbocycles. The van der Waals surface area contributed by atoms with E-state index in [1.165, 1.54) is 31.4 Å². The first-order valence-electron chi connectivity index (χ1n) is 12.1. The fraction of sp³-hybridized carbons (Fsp3) is 0.542. The Morgan fingerprint density at radius 3 is 2.16 bits per heavy atom. The Balaban J connectivity index is 0.000000505. The Kier molecular flexibility index (Phi) is 8.95. The summed E-state index contributed by atoms with van der Waals surface area (Å²) in [4.78, 5) is 27.5. The number of aliphatic carboxylic acids is 1. The number of nitrogens with two attached hydrogens (primary N) is 1. The monoisotopic (exact) mass is 560 g/mol. The number of rotatable bonds is 6. The molecule has 14 heteroatoms. The van der Waals surface area contributed by atoms with Gasteiger partial charge in [0.1, 0.15) is 11.8 Å². The Morgan fingerprint density at radius 1 is 1.11 bits per heavy atom. The first-order chi connectivity index (χ1) is 17.7. The normalized spacial score (nSPS) is 20.5. The summed E-state index contributed by atoms with van der Waals surface area (Å²) in [5, 5.41) is 7.12. The van der Waals surface area contributed by atoms with Crippen LogP contribution >= 0.6 is 0 Å². The minimum absolute atomic E-state index is 0.0530. The molecule has 1 aliphatic heterocycles. The van der Waals surface area contributed by atoms with Crippen molar-refractivity contribution in [3.05, 3.63) is 35.7 Å². The van der Waals surface area contributed by atoms with Crippen LogP contribution in [0.15, 0.2) is 33.6 Å². The second kappa shape index (κ2) is 11.6. The number of hydrogen-bond donors (Lipinski definition) is 3. The van der Waals surface area contributed by atoms with Gasteiger partial charge >= 0.3 is 18.2 Å². The van der Waals surface area contributed by atoms with E-state index >= 15 is 0 Å². The summed E-state index contributed by atoms with van der Waals surface area (Å²) in [5.41, 5.74) is 7.26. The van der Waals surface area contributed by atoms with Crippen molar-refractivity contribution in [3.8, 4) is 0 Å². The smallest absolute Gasteiger partial charge is 0.475 e. The largest absolute Gasteiger partial charge is 0.490 e. The number of carbonyl (C=O) groups excluding carboxylic acids is 1. The number of oxazole rings is 1. The van der Waals surface area contributed by atoms with Gasteiger partial charge in [-0.05, 0) is 56.4 Å². The molecule has 2 aliphatic rings. The number of aromatic nitrogens is 1. The molecule has 1 saturated heterocycles. The predicted molar refractivity (Wildman–Crippen MR) is 132 cm³/mol. The predicted octanol–water partition coefficient (Wildman–Crippen LogP) is 3.99. The molecule has 10 nitrogen and oxygen atoms in total. The van der Waals surface area contributed by atoms with Gasteiger partial charge in [0.05, 0.1) is 10.6 Å². The van der Waals surface area contributed by atoms with E-state index in [9.17, 15) is 26.4 Å². The highest BCUT2D eigenvalue weighted by Gasteiger charge is 2.42. The molecule has 4 rings (SSSR count). The van der Waals surface area contributed by atoms with Crippen LogP contribution in [0.2, 0.25) is 0 Å². The number of nitrogens with zero attached hydrogens (tertiary/aromatic N) is 2. The molecule has 2 atom stereocenters. The summed E-state index contributed by atoms with van der Waals surface area (Å²) in [5.74, 6) is -1.70. The van der Waals surface area contributed by atoms with E-state index in [0.717, 1.165) is 31.5 Å². The minimum atomic E-state index is -5.08. The second-order valence-electron chi connectivity index (χ2n) is 9.45. The lowest BCUT2D eigenvalue weighted by Crippen LogP contribution is -2.46. The fourth-order valence-electron chi connectivity index (χ4n) is 5.03. The first-order valence-corrected chi connectivity index (χ1v) is 13.6. The standard InChI is InChI=1S/C22H30N4O4S.C2HF3O2/c1-14-15(2)30-22(24-14)25-31(28,29)18-10-8-17(9-11-18)26-13-12-19(20(26)21(23)27)16-6-4-3-5-7-16;3-2(4,5)1(6)7/h8-11,16,19-20H,3-7,12-13H2,1-2H3,(H2,23,27)(H,24,25);(H,6,7)/t19-,20-;/m0./s1. The highest BCUT2D eigenvalue weighted by molar-refractivity contribution is 7.92. The average Bonchev–Trinajstić information content (AvgIpc) is 3.42. The number of hydrogen-bond acceptors (Lipinski definition) is 7. The highest BCUT2D eigenvalue weighted by atomic mass is 32.2. The minimum Gasteiger partial charge on any atom is -0.475 e. The van der Waals surface area contributed by atoms with E-state index in [1.807, 2.05) is 4.90 Å². The Bertz CT molecular complexity index is 1220. The van der Waals surface area contributed by atoms with Gasteiger partial charge in [-0.2, -0.15) is 18.2 Å². The first kappa shape index (κ1) is 29.3. The molecule has 0 radical (unpaired) electrons. The summed E-state index contributed by atoms with van der Waals surface area (Å²) >= 11 is 0. The van der Waals surface area contributed by atoms with Gasteiger partial charge in [-0.25, -0.2) is 17.9 Å². The maximum absolute atomic E-state index is 12.7. The summed E-state index contributed by atoms with van der Waals surface area (Å²) in [6, 6.07) is 6.14. The van der Waals surface area contributed by atoms with Gasteiger partial charge in [0, 0.05) is 12.2 Å². The number of aryl methyl sites for hydroxylation is 2. The summed E-state index contributed by atoms with van der Waals surface area (Å²) in [6.07, 6.45) is 1.87. The number of amides is 1. The second-order valence-corrected chi connectivity index (χ2v) is 11.1. The molecule has 1 amide bonds. The Hall–Kier alpha value is -3.29. The third-order valence-corrected chi connectivity index (χ3v) is 8.30. The molecular weight excluding hydrogens is 529 g/mol. The van der Waals surface area contributed by atoms with Gasteiger partial charge in [-0.3, -0.25) is 4.79 Å². The lowest BCUT2D eigenvalue weighted by Gasteiger charge is -2.33. The zero-order valence-corrected chi connectivity index (χ0v) is 21.8. The van der Waals surface area contributed by atoms with E-state index in [0.29, 0.717) is 17.4 Å². The van der Waals surface area contributed by atoms with Crippen molar-refractivity contribution < 1.29 is 40.7 Å². The number of carboxylic acid groups (broad SMARTS) is 1. The van der Waals surface area contributed by atoms with Gasteiger partial charge in [0.15, 0.2) is 0 Å². The average molecular weight is 561 g/mol. The summed E-state index contributed by atoms with van der Waals surface area (Å²) < 4.78 is 64.8. The van der Waals surface area contributed by atoms with Crippen LogP contribution in [0.1, 0.15) is 50.0 Å². The molecule has 0 unspecified atom stereocenters. The number of benzene rings is 1. The van der Waals surface area contributed by atoms with Crippen molar-refractivity contribution in [2.24, 2.45) is 17.6 Å². The molecule has 38 heavy (non-hydrogen) atoms. The molecule has 2 fully saturated rings. The van der Waals surface area contributed by atoms with Gasteiger partial charge < -0.3 is 20.2 Å². The van der Waals surface area contributed by atoms with E-state index in [-0.39, 0.29) is 28.8 Å². The maximum atomic E-state index is 12.7. The van der Waals surface area contributed by atoms with Crippen molar-refractivity contribution in [1.29, 1.82) is 0 Å². The fourth-order valence-corrected chi connectivity index (χ4v) is 5.96. The van der Waals surface area contributed by atoms with E-state index in [4.69, 9.17) is 20.1 Å². The molecule has 2 aromatic rings. The number of halogens is 3. The zero-order chi connectivity index (χ0) is 28.3. The highest BCUT2D eigenvalue weighted by Crippen LogP contribution is 2.40. The molecule has 1 aliphatic carbocycles. The number of primary amides is 1. The molecule has 4 N–H and O–H groups in total. The van der Waals surface area contributed by atoms with Gasteiger partial charge in [-0.1, -0.05) is 32.1 Å². The van der Waals surface area contributed by atoms with E-state index in [2.05, 4.69) is 9.71 Å². The summed E-state index contributed by atoms with van der Waals surface area (Å²) in [6.45, 7) is 4.21. The molecule has 1 saturated carbocycles. The van der Waals surface area contributed by atoms with Crippen LogP contribution in [0, 0.1) is 25.7 Å². The number of carboxylic acids is 1. The van der Waals surface area contributed by atoms with Crippen molar-refractivity contribution >= 4 is 33.6 Å². The number of anilines is 2. The van der Waals surface area contributed by atoms with Gasteiger partial charge in [0.2, 0.25) is 5.91 Å². The third kappa shape index (κ3) is 6.97. The van der Waals surface area contributed by atoms with Crippen LogP contribution in [0.25, 0.3) is 0 Å². The van der Waals surface area contributed by atoms with Crippen molar-refractivity contribution in [2.75, 3.05) is 16.2 Å². The Morgan fingerprint density at radius 2 is 1.68 bits per heavy atom.